The molecule has 2 heterocycles. The van der Waals surface area contributed by atoms with Crippen molar-refractivity contribution in [1.82, 2.24) is 10.2 Å². The van der Waals surface area contributed by atoms with Gasteiger partial charge in [-0.05, 0) is 53.2 Å². The lowest BCUT2D eigenvalue weighted by molar-refractivity contribution is -0.124. The van der Waals surface area contributed by atoms with Gasteiger partial charge in [-0.15, -0.1) is 0 Å². The molecule has 0 bridgehead atoms. The fraction of sp³-hybridized carbons (Fsp3) is 0.227. The molecule has 31 heavy (non-hydrogen) atoms. The number of fused-ring (bicyclic) bond motifs is 1. The molecule has 2 aromatic rings. The molecule has 4 rings (SSSR count). The fourth-order valence-electron chi connectivity index (χ4n) is 3.16. The number of nitrogens with zero attached hydrogens (tertiary/aromatic N) is 1. The van der Waals surface area contributed by atoms with E-state index in [1.54, 1.807) is 42.5 Å². The highest BCUT2D eigenvalue weighted by molar-refractivity contribution is 8.18. The first-order valence-electron chi connectivity index (χ1n) is 9.66. The third-order valence-electron chi connectivity index (χ3n) is 4.67. The molecule has 3 amide bonds. The standard InChI is InChI=1S/C22H19ClN2O5S/c23-16-4-1-14(2-5-16)12-19-21(27)25(22(28)31-19)8-7-24-20(26)13-15-3-6-17-18(11-15)30-10-9-29-17/h1-6,11-12H,7-10,13H2,(H,24,26)/b19-12-. The van der Waals surface area contributed by atoms with Crippen LogP contribution >= 0.6 is 23.4 Å². The summed E-state index contributed by atoms with van der Waals surface area (Å²) in [7, 11) is 0. The van der Waals surface area contributed by atoms with Crippen molar-refractivity contribution in [3.05, 3.63) is 63.5 Å². The molecule has 0 atom stereocenters. The third kappa shape index (κ3) is 5.21. The summed E-state index contributed by atoms with van der Waals surface area (Å²) >= 11 is 6.75. The first-order valence-corrected chi connectivity index (χ1v) is 10.9. The van der Waals surface area contributed by atoms with Crippen LogP contribution in [0, 0.1) is 0 Å². The van der Waals surface area contributed by atoms with Crippen LogP contribution < -0.4 is 14.8 Å². The zero-order valence-electron chi connectivity index (χ0n) is 16.4. The predicted octanol–water partition coefficient (Wildman–Crippen LogP) is 3.51. The second-order valence-corrected chi connectivity index (χ2v) is 8.32. The van der Waals surface area contributed by atoms with E-state index in [1.807, 2.05) is 6.07 Å². The second kappa shape index (κ2) is 9.45. The Labute approximate surface area is 188 Å². The number of imide groups is 1. The third-order valence-corrected chi connectivity index (χ3v) is 5.83. The number of benzene rings is 2. The van der Waals surface area contributed by atoms with Crippen LogP contribution in [0.2, 0.25) is 5.02 Å². The van der Waals surface area contributed by atoms with E-state index in [0.717, 1.165) is 27.8 Å². The lowest BCUT2D eigenvalue weighted by atomic mass is 10.1. The monoisotopic (exact) mass is 458 g/mol. The van der Waals surface area contributed by atoms with E-state index >= 15 is 0 Å². The summed E-state index contributed by atoms with van der Waals surface area (Å²) in [6.07, 6.45) is 1.82. The molecule has 1 fully saturated rings. The minimum absolute atomic E-state index is 0.107. The SMILES string of the molecule is O=C(Cc1ccc2c(c1)OCCO2)NCCN1C(=O)S/C(=C\c2ccc(Cl)cc2)C1=O. The molecule has 0 spiro atoms. The average molecular weight is 459 g/mol. The molecule has 2 aliphatic rings. The van der Waals surface area contributed by atoms with E-state index in [0.29, 0.717) is 34.6 Å². The van der Waals surface area contributed by atoms with Gasteiger partial charge >= 0.3 is 0 Å². The van der Waals surface area contributed by atoms with Crippen molar-refractivity contribution in [2.24, 2.45) is 0 Å². The normalized spacial score (nSPS) is 16.7. The Kier molecular flexibility index (Phi) is 6.48. The molecule has 0 aliphatic carbocycles. The maximum atomic E-state index is 12.5. The number of halogens is 1. The van der Waals surface area contributed by atoms with Crippen molar-refractivity contribution in [2.75, 3.05) is 26.3 Å². The number of carbonyl (C=O) groups excluding carboxylic acids is 3. The van der Waals surface area contributed by atoms with Crippen LogP contribution in [-0.2, 0) is 16.0 Å². The summed E-state index contributed by atoms with van der Waals surface area (Å²) in [5, 5.41) is 2.99. The Bertz CT molecular complexity index is 1050. The molecular weight excluding hydrogens is 440 g/mol. The van der Waals surface area contributed by atoms with Gasteiger partial charge in [0.15, 0.2) is 11.5 Å². The summed E-state index contributed by atoms with van der Waals surface area (Å²) in [5.41, 5.74) is 1.57. The van der Waals surface area contributed by atoms with E-state index < -0.39 is 0 Å². The Morgan fingerprint density at radius 2 is 1.84 bits per heavy atom. The summed E-state index contributed by atoms with van der Waals surface area (Å²) in [4.78, 5) is 38.5. The van der Waals surface area contributed by atoms with Crippen molar-refractivity contribution in [3.8, 4) is 11.5 Å². The van der Waals surface area contributed by atoms with Crippen LogP contribution in [0.1, 0.15) is 11.1 Å². The molecule has 9 heteroatoms. The van der Waals surface area contributed by atoms with Crippen LogP contribution in [0.5, 0.6) is 11.5 Å². The van der Waals surface area contributed by atoms with Crippen molar-refractivity contribution in [2.45, 2.75) is 6.42 Å². The Morgan fingerprint density at radius 1 is 1.10 bits per heavy atom. The fourth-order valence-corrected chi connectivity index (χ4v) is 4.15. The van der Waals surface area contributed by atoms with E-state index in [2.05, 4.69) is 5.32 Å². The van der Waals surface area contributed by atoms with Gasteiger partial charge in [-0.25, -0.2) is 0 Å². The molecule has 0 radical (unpaired) electrons. The molecule has 2 aromatic carbocycles. The molecule has 160 valence electrons. The number of amides is 3. The van der Waals surface area contributed by atoms with Gasteiger partial charge in [0.2, 0.25) is 5.91 Å². The lowest BCUT2D eigenvalue weighted by Crippen LogP contribution is -2.37. The van der Waals surface area contributed by atoms with Crippen LogP contribution in [-0.4, -0.2) is 48.3 Å². The lowest BCUT2D eigenvalue weighted by Gasteiger charge is -2.18. The summed E-state index contributed by atoms with van der Waals surface area (Å²) in [5.74, 6) is 0.717. The summed E-state index contributed by atoms with van der Waals surface area (Å²) in [6.45, 7) is 1.27. The van der Waals surface area contributed by atoms with Gasteiger partial charge < -0.3 is 14.8 Å². The first kappa shape index (κ1) is 21.3. The highest BCUT2D eigenvalue weighted by atomic mass is 35.5. The number of carbonyl (C=O) groups is 3. The molecule has 0 unspecified atom stereocenters. The van der Waals surface area contributed by atoms with E-state index in [1.165, 1.54) is 0 Å². The maximum absolute atomic E-state index is 12.5. The topological polar surface area (TPSA) is 84.9 Å². The van der Waals surface area contributed by atoms with E-state index in [-0.39, 0.29) is 36.6 Å². The van der Waals surface area contributed by atoms with Gasteiger partial charge in [0.1, 0.15) is 13.2 Å². The molecule has 1 N–H and O–H groups in total. The predicted molar refractivity (Wildman–Crippen MR) is 118 cm³/mol. The van der Waals surface area contributed by atoms with E-state index in [9.17, 15) is 14.4 Å². The van der Waals surface area contributed by atoms with Crippen molar-refractivity contribution < 1.29 is 23.9 Å². The molecular formula is C22H19ClN2O5S. The van der Waals surface area contributed by atoms with Gasteiger partial charge in [0.25, 0.3) is 11.1 Å². The molecule has 2 aliphatic heterocycles. The number of rotatable bonds is 6. The highest BCUT2D eigenvalue weighted by Crippen LogP contribution is 2.32. The first-order chi connectivity index (χ1) is 15.0. The maximum Gasteiger partial charge on any atom is 0.293 e. The zero-order valence-corrected chi connectivity index (χ0v) is 18.0. The van der Waals surface area contributed by atoms with Crippen LogP contribution in [0.25, 0.3) is 6.08 Å². The Morgan fingerprint density at radius 3 is 2.61 bits per heavy atom. The summed E-state index contributed by atoms with van der Waals surface area (Å²) < 4.78 is 11.0. The minimum Gasteiger partial charge on any atom is -0.486 e. The molecule has 7 nitrogen and oxygen atoms in total. The van der Waals surface area contributed by atoms with Gasteiger partial charge in [0.05, 0.1) is 11.3 Å². The summed E-state index contributed by atoms with van der Waals surface area (Å²) in [6, 6.07) is 12.4. The van der Waals surface area contributed by atoms with Crippen molar-refractivity contribution in [3.63, 3.8) is 0 Å². The van der Waals surface area contributed by atoms with Crippen molar-refractivity contribution in [1.29, 1.82) is 0 Å². The number of ether oxygens (including phenoxy) is 2. The smallest absolute Gasteiger partial charge is 0.293 e. The van der Waals surface area contributed by atoms with Crippen LogP contribution in [0.3, 0.4) is 0 Å². The van der Waals surface area contributed by atoms with Gasteiger partial charge in [-0.2, -0.15) is 0 Å². The zero-order chi connectivity index (χ0) is 21.8. The van der Waals surface area contributed by atoms with E-state index in [4.69, 9.17) is 21.1 Å². The highest BCUT2D eigenvalue weighted by Gasteiger charge is 2.34. The number of thioether (sulfide) groups is 1. The quantitative estimate of drug-likeness (QED) is 0.667. The molecule has 1 saturated heterocycles. The van der Waals surface area contributed by atoms with Gasteiger partial charge in [-0.1, -0.05) is 29.8 Å². The largest absolute Gasteiger partial charge is 0.486 e. The molecule has 0 saturated carbocycles. The average Bonchev–Trinajstić information content (AvgIpc) is 3.02. The molecule has 0 aromatic heterocycles. The van der Waals surface area contributed by atoms with Crippen LogP contribution in [0.4, 0.5) is 4.79 Å². The van der Waals surface area contributed by atoms with Gasteiger partial charge in [0, 0.05) is 18.1 Å². The second-order valence-electron chi connectivity index (χ2n) is 6.89. The number of nitrogens with one attached hydrogen (secondary N) is 1. The number of hydrogen-bond donors (Lipinski definition) is 1. The van der Waals surface area contributed by atoms with Crippen LogP contribution in [0.15, 0.2) is 47.4 Å². The number of hydrogen-bond acceptors (Lipinski definition) is 6. The van der Waals surface area contributed by atoms with Crippen molar-refractivity contribution >= 4 is 46.5 Å². The Balaban J connectivity index is 1.29. The Hall–Kier alpha value is -2.97. The van der Waals surface area contributed by atoms with Gasteiger partial charge in [-0.3, -0.25) is 19.3 Å². The minimum atomic E-state index is -0.369.